The van der Waals surface area contributed by atoms with E-state index in [0.717, 1.165) is 5.92 Å². The summed E-state index contributed by atoms with van der Waals surface area (Å²) in [5, 5.41) is 3.62. The Morgan fingerprint density at radius 2 is 1.94 bits per heavy atom. The summed E-state index contributed by atoms with van der Waals surface area (Å²) in [6.07, 6.45) is 6.65. The molecule has 1 nitrogen and oxygen atoms in total. The lowest BCUT2D eigenvalue weighted by molar-refractivity contribution is 0.548. The molecule has 0 spiro atoms. The second-order valence-corrected chi connectivity index (χ2v) is 5.42. The zero-order chi connectivity index (χ0) is 12.1. The molecule has 1 atom stereocenters. The van der Waals surface area contributed by atoms with Gasteiger partial charge in [0.15, 0.2) is 0 Å². The molecule has 1 aliphatic rings. The third kappa shape index (κ3) is 4.16. The minimum Gasteiger partial charge on any atom is -0.310 e. The lowest BCUT2D eigenvalue weighted by Gasteiger charge is -2.14. The van der Waals surface area contributed by atoms with Crippen molar-refractivity contribution in [3.05, 3.63) is 35.4 Å². The molecule has 0 aliphatic heterocycles. The van der Waals surface area contributed by atoms with E-state index in [1.807, 2.05) is 0 Å². The van der Waals surface area contributed by atoms with Crippen LogP contribution in [0.15, 0.2) is 24.3 Å². The zero-order valence-electron chi connectivity index (χ0n) is 11.2. The van der Waals surface area contributed by atoms with Gasteiger partial charge in [-0.05, 0) is 56.2 Å². The molecule has 1 aromatic rings. The Morgan fingerprint density at radius 3 is 2.53 bits per heavy atom. The average molecular weight is 231 g/mol. The van der Waals surface area contributed by atoms with Gasteiger partial charge in [-0.25, -0.2) is 0 Å². The van der Waals surface area contributed by atoms with Crippen molar-refractivity contribution in [1.29, 1.82) is 0 Å². The molecule has 2 rings (SSSR count). The van der Waals surface area contributed by atoms with Crippen LogP contribution >= 0.6 is 0 Å². The highest BCUT2D eigenvalue weighted by atomic mass is 14.9. The van der Waals surface area contributed by atoms with E-state index in [0.29, 0.717) is 6.04 Å². The maximum Gasteiger partial charge on any atom is 0.0291 e. The molecule has 17 heavy (non-hydrogen) atoms. The van der Waals surface area contributed by atoms with Gasteiger partial charge in [0, 0.05) is 6.04 Å². The SMILES string of the molecule is CCCCc1ccc(C(C)NCC2CC2)cc1. The first-order valence-corrected chi connectivity index (χ1v) is 7.12. The highest BCUT2D eigenvalue weighted by Crippen LogP contribution is 2.28. The normalized spacial score (nSPS) is 17.1. The summed E-state index contributed by atoms with van der Waals surface area (Å²) in [5.74, 6) is 0.960. The third-order valence-corrected chi connectivity index (χ3v) is 3.71. The lowest BCUT2D eigenvalue weighted by atomic mass is 10.0. The predicted octanol–water partition coefficient (Wildman–Crippen LogP) is 4.09. The zero-order valence-corrected chi connectivity index (χ0v) is 11.2. The van der Waals surface area contributed by atoms with Crippen molar-refractivity contribution in [3.8, 4) is 0 Å². The molecule has 0 radical (unpaired) electrons. The van der Waals surface area contributed by atoms with Crippen molar-refractivity contribution in [2.24, 2.45) is 5.92 Å². The van der Waals surface area contributed by atoms with Gasteiger partial charge in [-0.15, -0.1) is 0 Å². The number of aryl methyl sites for hydroxylation is 1. The molecule has 0 saturated heterocycles. The number of hydrogen-bond acceptors (Lipinski definition) is 1. The fourth-order valence-electron chi connectivity index (χ4n) is 2.14. The molecular formula is C16H25N. The monoisotopic (exact) mass is 231 g/mol. The molecule has 0 bridgehead atoms. The molecule has 1 heteroatoms. The van der Waals surface area contributed by atoms with Gasteiger partial charge in [-0.1, -0.05) is 37.6 Å². The van der Waals surface area contributed by atoms with Crippen LogP contribution in [0.1, 0.15) is 56.7 Å². The van der Waals surface area contributed by atoms with E-state index in [1.165, 1.54) is 49.8 Å². The van der Waals surface area contributed by atoms with Gasteiger partial charge in [0.1, 0.15) is 0 Å². The van der Waals surface area contributed by atoms with E-state index in [4.69, 9.17) is 0 Å². The van der Waals surface area contributed by atoms with Crippen LogP contribution in [0.5, 0.6) is 0 Å². The summed E-state index contributed by atoms with van der Waals surface area (Å²) in [5.41, 5.74) is 2.90. The number of unbranched alkanes of at least 4 members (excludes halogenated alkanes) is 1. The molecule has 1 N–H and O–H groups in total. The summed E-state index contributed by atoms with van der Waals surface area (Å²) in [7, 11) is 0. The molecule has 0 heterocycles. The van der Waals surface area contributed by atoms with Crippen LogP contribution in [-0.2, 0) is 6.42 Å². The minimum atomic E-state index is 0.496. The standard InChI is InChI=1S/C16H25N/c1-3-4-5-14-8-10-16(11-9-14)13(2)17-12-15-6-7-15/h8-11,13,15,17H,3-7,12H2,1-2H3. The third-order valence-electron chi connectivity index (χ3n) is 3.71. The quantitative estimate of drug-likeness (QED) is 0.745. The van der Waals surface area contributed by atoms with Crippen LogP contribution in [0.25, 0.3) is 0 Å². The molecule has 1 saturated carbocycles. The molecule has 1 aliphatic carbocycles. The predicted molar refractivity (Wildman–Crippen MR) is 74.2 cm³/mol. The summed E-state index contributed by atoms with van der Waals surface area (Å²) in [4.78, 5) is 0. The van der Waals surface area contributed by atoms with Crippen LogP contribution in [0.4, 0.5) is 0 Å². The number of rotatable bonds is 7. The summed E-state index contributed by atoms with van der Waals surface area (Å²) in [6, 6.07) is 9.65. The molecule has 1 fully saturated rings. The Bertz CT molecular complexity index is 324. The van der Waals surface area contributed by atoms with Gasteiger partial charge < -0.3 is 5.32 Å². The number of nitrogens with one attached hydrogen (secondary N) is 1. The average Bonchev–Trinajstić information content (AvgIpc) is 3.18. The first-order valence-electron chi connectivity index (χ1n) is 7.12. The summed E-state index contributed by atoms with van der Waals surface area (Å²) < 4.78 is 0. The number of hydrogen-bond donors (Lipinski definition) is 1. The van der Waals surface area contributed by atoms with Crippen molar-refractivity contribution >= 4 is 0 Å². The summed E-state index contributed by atoms with van der Waals surface area (Å²) in [6.45, 7) is 5.71. The Hall–Kier alpha value is -0.820. The van der Waals surface area contributed by atoms with Gasteiger partial charge >= 0.3 is 0 Å². The van der Waals surface area contributed by atoms with E-state index in [9.17, 15) is 0 Å². The topological polar surface area (TPSA) is 12.0 Å². The highest BCUT2D eigenvalue weighted by molar-refractivity contribution is 5.24. The van der Waals surface area contributed by atoms with Crippen molar-refractivity contribution in [3.63, 3.8) is 0 Å². The minimum absolute atomic E-state index is 0.496. The van der Waals surface area contributed by atoms with Gasteiger partial charge in [-0.2, -0.15) is 0 Å². The Labute approximate surface area is 106 Å². The lowest BCUT2D eigenvalue weighted by Crippen LogP contribution is -2.20. The van der Waals surface area contributed by atoms with E-state index in [2.05, 4.69) is 43.4 Å². The van der Waals surface area contributed by atoms with Crippen molar-refractivity contribution in [2.45, 2.75) is 52.0 Å². The molecule has 1 unspecified atom stereocenters. The van der Waals surface area contributed by atoms with Crippen LogP contribution in [-0.4, -0.2) is 6.54 Å². The van der Waals surface area contributed by atoms with Crippen LogP contribution in [0.3, 0.4) is 0 Å². The Morgan fingerprint density at radius 1 is 1.24 bits per heavy atom. The first-order chi connectivity index (χ1) is 8.29. The van der Waals surface area contributed by atoms with Crippen molar-refractivity contribution in [2.75, 3.05) is 6.54 Å². The second kappa shape index (κ2) is 6.20. The molecule has 0 amide bonds. The Kier molecular flexibility index (Phi) is 4.61. The van der Waals surface area contributed by atoms with Crippen LogP contribution in [0, 0.1) is 5.92 Å². The van der Waals surface area contributed by atoms with Gasteiger partial charge in [0.05, 0.1) is 0 Å². The molecular weight excluding hydrogens is 206 g/mol. The second-order valence-electron chi connectivity index (χ2n) is 5.42. The first kappa shape index (κ1) is 12.6. The van der Waals surface area contributed by atoms with Crippen molar-refractivity contribution in [1.82, 2.24) is 5.32 Å². The summed E-state index contributed by atoms with van der Waals surface area (Å²) >= 11 is 0. The highest BCUT2D eigenvalue weighted by Gasteiger charge is 2.21. The molecule has 1 aromatic carbocycles. The van der Waals surface area contributed by atoms with Gasteiger partial charge in [0.2, 0.25) is 0 Å². The van der Waals surface area contributed by atoms with Gasteiger partial charge in [-0.3, -0.25) is 0 Å². The molecule has 94 valence electrons. The van der Waals surface area contributed by atoms with Gasteiger partial charge in [0.25, 0.3) is 0 Å². The fourth-order valence-corrected chi connectivity index (χ4v) is 2.14. The van der Waals surface area contributed by atoms with Crippen molar-refractivity contribution < 1.29 is 0 Å². The smallest absolute Gasteiger partial charge is 0.0291 e. The van der Waals surface area contributed by atoms with E-state index >= 15 is 0 Å². The number of benzene rings is 1. The van der Waals surface area contributed by atoms with E-state index in [-0.39, 0.29) is 0 Å². The Balaban J connectivity index is 1.82. The maximum atomic E-state index is 3.62. The van der Waals surface area contributed by atoms with Crippen LogP contribution in [0.2, 0.25) is 0 Å². The van der Waals surface area contributed by atoms with E-state index in [1.54, 1.807) is 0 Å². The maximum absolute atomic E-state index is 3.62. The van der Waals surface area contributed by atoms with E-state index < -0.39 is 0 Å². The fraction of sp³-hybridized carbons (Fsp3) is 0.625. The van der Waals surface area contributed by atoms with Crippen LogP contribution < -0.4 is 5.32 Å². The largest absolute Gasteiger partial charge is 0.310 e. The molecule has 0 aromatic heterocycles.